The van der Waals surface area contributed by atoms with Crippen LogP contribution >= 0.6 is 0 Å². The van der Waals surface area contributed by atoms with E-state index in [0.717, 1.165) is 12.5 Å². The molecule has 0 spiro atoms. The molecule has 0 saturated heterocycles. The SMILES string of the molecule is CCCC(CN)N(C)CC1CC1. The van der Waals surface area contributed by atoms with Gasteiger partial charge in [-0.2, -0.15) is 0 Å². The highest BCUT2D eigenvalue weighted by atomic mass is 15.1. The van der Waals surface area contributed by atoms with Crippen molar-refractivity contribution < 1.29 is 0 Å². The van der Waals surface area contributed by atoms with Crippen LogP contribution in [0, 0.1) is 5.92 Å². The van der Waals surface area contributed by atoms with Crippen molar-refractivity contribution in [3.63, 3.8) is 0 Å². The Labute approximate surface area is 76.1 Å². The maximum Gasteiger partial charge on any atom is 0.0215 e. The normalized spacial score (nSPS) is 20.0. The molecule has 72 valence electrons. The quantitative estimate of drug-likeness (QED) is 0.654. The van der Waals surface area contributed by atoms with Crippen molar-refractivity contribution in [1.29, 1.82) is 0 Å². The van der Waals surface area contributed by atoms with Crippen LogP contribution in [0.5, 0.6) is 0 Å². The summed E-state index contributed by atoms with van der Waals surface area (Å²) in [6, 6.07) is 0.621. The van der Waals surface area contributed by atoms with E-state index in [1.54, 1.807) is 0 Å². The van der Waals surface area contributed by atoms with E-state index >= 15 is 0 Å². The molecular weight excluding hydrogens is 148 g/mol. The van der Waals surface area contributed by atoms with Crippen LogP contribution in [0.25, 0.3) is 0 Å². The highest BCUT2D eigenvalue weighted by Gasteiger charge is 2.24. The third-order valence-electron chi connectivity index (χ3n) is 2.76. The summed E-state index contributed by atoms with van der Waals surface area (Å²) in [4.78, 5) is 2.45. The minimum absolute atomic E-state index is 0.621. The molecule has 1 rings (SSSR count). The topological polar surface area (TPSA) is 29.3 Å². The fourth-order valence-corrected chi connectivity index (χ4v) is 1.71. The molecule has 0 aliphatic heterocycles. The van der Waals surface area contributed by atoms with Crippen LogP contribution in [0.3, 0.4) is 0 Å². The summed E-state index contributed by atoms with van der Waals surface area (Å²) in [6.07, 6.45) is 5.37. The maximum absolute atomic E-state index is 5.71. The lowest BCUT2D eigenvalue weighted by Gasteiger charge is -2.26. The molecule has 2 N–H and O–H groups in total. The predicted molar refractivity (Wildman–Crippen MR) is 53.1 cm³/mol. The summed E-state index contributed by atoms with van der Waals surface area (Å²) in [5.41, 5.74) is 5.71. The van der Waals surface area contributed by atoms with Gasteiger partial charge in [0.15, 0.2) is 0 Å². The number of hydrogen-bond acceptors (Lipinski definition) is 2. The van der Waals surface area contributed by atoms with Gasteiger partial charge in [-0.15, -0.1) is 0 Å². The Kier molecular flexibility index (Phi) is 4.02. The molecule has 0 aromatic carbocycles. The number of nitrogens with zero attached hydrogens (tertiary/aromatic N) is 1. The second-order valence-electron chi connectivity index (χ2n) is 4.06. The van der Waals surface area contributed by atoms with E-state index in [1.807, 2.05) is 0 Å². The molecule has 0 aromatic rings. The number of rotatable bonds is 6. The Morgan fingerprint density at radius 1 is 1.50 bits per heavy atom. The second kappa shape index (κ2) is 4.83. The first kappa shape index (κ1) is 10.0. The molecule has 1 saturated carbocycles. The Bertz CT molecular complexity index is 121. The zero-order valence-corrected chi connectivity index (χ0v) is 8.42. The van der Waals surface area contributed by atoms with E-state index in [0.29, 0.717) is 6.04 Å². The van der Waals surface area contributed by atoms with Crippen LogP contribution in [0.1, 0.15) is 32.6 Å². The molecule has 1 fully saturated rings. The molecule has 0 bridgehead atoms. The van der Waals surface area contributed by atoms with Crippen LogP contribution in [0.15, 0.2) is 0 Å². The third-order valence-corrected chi connectivity index (χ3v) is 2.76. The first-order valence-corrected chi connectivity index (χ1v) is 5.18. The van der Waals surface area contributed by atoms with Gasteiger partial charge in [-0.3, -0.25) is 0 Å². The summed E-state index contributed by atoms with van der Waals surface area (Å²) in [7, 11) is 2.21. The highest BCUT2D eigenvalue weighted by molar-refractivity contribution is 4.79. The van der Waals surface area contributed by atoms with E-state index < -0.39 is 0 Å². The van der Waals surface area contributed by atoms with Crippen molar-refractivity contribution in [1.82, 2.24) is 4.90 Å². The van der Waals surface area contributed by atoms with Gasteiger partial charge in [0.05, 0.1) is 0 Å². The molecule has 0 radical (unpaired) electrons. The van der Waals surface area contributed by atoms with E-state index in [9.17, 15) is 0 Å². The fourth-order valence-electron chi connectivity index (χ4n) is 1.71. The Hall–Kier alpha value is -0.0800. The maximum atomic E-state index is 5.71. The number of nitrogens with two attached hydrogens (primary N) is 1. The van der Waals surface area contributed by atoms with Gasteiger partial charge in [-0.05, 0) is 32.2 Å². The first-order chi connectivity index (χ1) is 5.77. The molecular formula is C10H22N2. The molecule has 1 atom stereocenters. The zero-order valence-electron chi connectivity index (χ0n) is 8.42. The Balaban J connectivity index is 2.19. The van der Waals surface area contributed by atoms with E-state index in [1.165, 1.54) is 32.2 Å². The summed E-state index contributed by atoms with van der Waals surface area (Å²) in [5.74, 6) is 0.987. The molecule has 1 unspecified atom stereocenters. The summed E-state index contributed by atoms with van der Waals surface area (Å²) in [6.45, 7) is 4.31. The van der Waals surface area contributed by atoms with E-state index in [-0.39, 0.29) is 0 Å². The standard InChI is InChI=1S/C10H22N2/c1-3-4-10(7-11)12(2)8-9-5-6-9/h9-10H,3-8,11H2,1-2H3. The molecule has 2 heteroatoms. The van der Waals surface area contributed by atoms with Crippen LogP contribution in [0.4, 0.5) is 0 Å². The smallest absolute Gasteiger partial charge is 0.0215 e. The van der Waals surface area contributed by atoms with Gasteiger partial charge in [-0.25, -0.2) is 0 Å². The third kappa shape index (κ3) is 3.11. The van der Waals surface area contributed by atoms with Crippen LogP contribution in [-0.2, 0) is 0 Å². The van der Waals surface area contributed by atoms with Crippen molar-refractivity contribution in [2.24, 2.45) is 11.7 Å². The highest BCUT2D eigenvalue weighted by Crippen LogP contribution is 2.29. The average molecular weight is 170 g/mol. The lowest BCUT2D eigenvalue weighted by molar-refractivity contribution is 0.225. The van der Waals surface area contributed by atoms with Crippen LogP contribution < -0.4 is 5.73 Å². The number of hydrogen-bond donors (Lipinski definition) is 1. The van der Waals surface area contributed by atoms with Gasteiger partial charge < -0.3 is 10.6 Å². The molecule has 0 amide bonds. The summed E-state index contributed by atoms with van der Waals surface area (Å²) < 4.78 is 0. The largest absolute Gasteiger partial charge is 0.329 e. The predicted octanol–water partition coefficient (Wildman–Crippen LogP) is 1.46. The lowest BCUT2D eigenvalue weighted by atomic mass is 10.1. The fraction of sp³-hybridized carbons (Fsp3) is 1.00. The van der Waals surface area contributed by atoms with Crippen molar-refractivity contribution >= 4 is 0 Å². The first-order valence-electron chi connectivity index (χ1n) is 5.18. The molecule has 1 aliphatic carbocycles. The van der Waals surface area contributed by atoms with Gasteiger partial charge in [0, 0.05) is 19.1 Å². The van der Waals surface area contributed by atoms with Gasteiger partial charge in [-0.1, -0.05) is 13.3 Å². The van der Waals surface area contributed by atoms with Gasteiger partial charge in [0.25, 0.3) is 0 Å². The van der Waals surface area contributed by atoms with Crippen molar-refractivity contribution in [3.05, 3.63) is 0 Å². The summed E-state index contributed by atoms with van der Waals surface area (Å²) >= 11 is 0. The van der Waals surface area contributed by atoms with Crippen molar-refractivity contribution in [2.45, 2.75) is 38.6 Å². The molecule has 0 heterocycles. The minimum atomic E-state index is 0.621. The monoisotopic (exact) mass is 170 g/mol. The zero-order chi connectivity index (χ0) is 8.97. The van der Waals surface area contributed by atoms with Crippen LogP contribution in [0.2, 0.25) is 0 Å². The summed E-state index contributed by atoms with van der Waals surface area (Å²) in [5, 5.41) is 0. The van der Waals surface area contributed by atoms with Gasteiger partial charge in [0.2, 0.25) is 0 Å². The van der Waals surface area contributed by atoms with E-state index in [2.05, 4.69) is 18.9 Å². The molecule has 0 aromatic heterocycles. The van der Waals surface area contributed by atoms with Crippen molar-refractivity contribution in [3.8, 4) is 0 Å². The lowest BCUT2D eigenvalue weighted by Crippen LogP contribution is -2.38. The van der Waals surface area contributed by atoms with Crippen molar-refractivity contribution in [2.75, 3.05) is 20.1 Å². The molecule has 2 nitrogen and oxygen atoms in total. The molecule has 12 heavy (non-hydrogen) atoms. The van der Waals surface area contributed by atoms with Gasteiger partial charge >= 0.3 is 0 Å². The Morgan fingerprint density at radius 3 is 2.58 bits per heavy atom. The van der Waals surface area contributed by atoms with Gasteiger partial charge in [0.1, 0.15) is 0 Å². The molecule has 1 aliphatic rings. The van der Waals surface area contributed by atoms with E-state index in [4.69, 9.17) is 5.73 Å². The number of likely N-dealkylation sites (N-methyl/N-ethyl adjacent to an activating group) is 1. The second-order valence-corrected chi connectivity index (χ2v) is 4.06. The average Bonchev–Trinajstić information content (AvgIpc) is 2.83. The Morgan fingerprint density at radius 2 is 2.17 bits per heavy atom. The minimum Gasteiger partial charge on any atom is -0.329 e. The van der Waals surface area contributed by atoms with Crippen LogP contribution in [-0.4, -0.2) is 31.1 Å².